The number of carbonyl (C=O) groups is 1. The van der Waals surface area contributed by atoms with E-state index in [4.69, 9.17) is 0 Å². The molecule has 1 aliphatic carbocycles. The predicted molar refractivity (Wildman–Crippen MR) is 67.1 cm³/mol. The van der Waals surface area contributed by atoms with Crippen LogP contribution in [0.1, 0.15) is 67.3 Å². The topological polar surface area (TPSA) is 42.9 Å². The number of hydrogen-bond acceptors (Lipinski definition) is 3. The summed E-state index contributed by atoms with van der Waals surface area (Å²) >= 11 is 0. The van der Waals surface area contributed by atoms with Gasteiger partial charge in [0, 0.05) is 12.1 Å². The van der Waals surface area contributed by atoms with Gasteiger partial charge < -0.3 is 0 Å². The van der Waals surface area contributed by atoms with Gasteiger partial charge in [0.05, 0.1) is 11.3 Å². The summed E-state index contributed by atoms with van der Waals surface area (Å²) in [6.45, 7) is 5.71. The Kier molecular flexibility index (Phi) is 3.55. The molecule has 1 aromatic rings. The second-order valence-electron chi connectivity index (χ2n) is 5.07. The quantitative estimate of drug-likeness (QED) is 0.751. The van der Waals surface area contributed by atoms with Gasteiger partial charge in [0.15, 0.2) is 5.78 Å². The van der Waals surface area contributed by atoms with Gasteiger partial charge in [0.25, 0.3) is 0 Å². The Morgan fingerprint density at radius 2 is 2.24 bits per heavy atom. The molecule has 0 N–H and O–H groups in total. The maximum Gasteiger partial charge on any atom is 0.163 e. The first-order valence-corrected chi connectivity index (χ1v) is 6.46. The molecule has 17 heavy (non-hydrogen) atoms. The van der Waals surface area contributed by atoms with E-state index in [1.807, 2.05) is 6.92 Å². The zero-order valence-corrected chi connectivity index (χ0v) is 10.9. The smallest absolute Gasteiger partial charge is 0.163 e. The maximum absolute atomic E-state index is 11.3. The third-order valence-corrected chi connectivity index (χ3v) is 3.86. The van der Waals surface area contributed by atoms with Gasteiger partial charge >= 0.3 is 0 Å². The van der Waals surface area contributed by atoms with Gasteiger partial charge in [-0.2, -0.15) is 0 Å². The van der Waals surface area contributed by atoms with E-state index in [2.05, 4.69) is 16.9 Å². The first-order valence-electron chi connectivity index (χ1n) is 6.46. The third-order valence-electron chi connectivity index (χ3n) is 3.86. The number of aryl methyl sites for hydroxylation is 1. The monoisotopic (exact) mass is 232 g/mol. The van der Waals surface area contributed by atoms with Crippen LogP contribution < -0.4 is 0 Å². The van der Waals surface area contributed by atoms with Crippen LogP contribution in [0.25, 0.3) is 0 Å². The largest absolute Gasteiger partial charge is 0.294 e. The number of Topliss-reactive ketones (excluding diaryl/α,β-unsaturated/α-hetero) is 1. The van der Waals surface area contributed by atoms with E-state index in [9.17, 15) is 4.79 Å². The summed E-state index contributed by atoms with van der Waals surface area (Å²) < 4.78 is 0. The highest BCUT2D eigenvalue weighted by atomic mass is 16.1. The average molecular weight is 232 g/mol. The molecule has 0 spiro atoms. The van der Waals surface area contributed by atoms with Crippen molar-refractivity contribution < 1.29 is 4.79 Å². The van der Waals surface area contributed by atoms with E-state index < -0.39 is 0 Å². The second kappa shape index (κ2) is 4.94. The Morgan fingerprint density at radius 1 is 1.47 bits per heavy atom. The predicted octanol–water partition coefficient (Wildman–Crippen LogP) is 3.28. The number of aromatic nitrogens is 2. The van der Waals surface area contributed by atoms with Gasteiger partial charge in [-0.05, 0) is 39.0 Å². The number of carbonyl (C=O) groups excluding carboxylic acids is 1. The van der Waals surface area contributed by atoms with Crippen LogP contribution in [0, 0.1) is 12.8 Å². The van der Waals surface area contributed by atoms with E-state index in [1.54, 1.807) is 13.1 Å². The van der Waals surface area contributed by atoms with Crippen molar-refractivity contribution in [3.05, 3.63) is 23.3 Å². The first-order chi connectivity index (χ1) is 8.11. The number of nitrogens with zero attached hydrogens (tertiary/aromatic N) is 2. The normalized spacial score (nSPS) is 23.9. The summed E-state index contributed by atoms with van der Waals surface area (Å²) in [5.41, 5.74) is 1.47. The second-order valence-corrected chi connectivity index (χ2v) is 5.07. The van der Waals surface area contributed by atoms with E-state index in [-0.39, 0.29) is 5.78 Å². The SMILES string of the molecule is CCC1CCC(c2ncc(C(C)=O)c(C)n2)C1. The van der Waals surface area contributed by atoms with E-state index in [0.717, 1.165) is 17.4 Å². The van der Waals surface area contributed by atoms with Crippen LogP contribution in [0.4, 0.5) is 0 Å². The highest BCUT2D eigenvalue weighted by molar-refractivity contribution is 5.94. The fourth-order valence-electron chi connectivity index (χ4n) is 2.71. The molecule has 3 nitrogen and oxygen atoms in total. The Balaban J connectivity index is 2.18. The van der Waals surface area contributed by atoms with Gasteiger partial charge in [0.2, 0.25) is 0 Å². The van der Waals surface area contributed by atoms with E-state index >= 15 is 0 Å². The molecule has 92 valence electrons. The van der Waals surface area contributed by atoms with Crippen LogP contribution in [-0.4, -0.2) is 15.8 Å². The minimum atomic E-state index is 0.0481. The van der Waals surface area contributed by atoms with E-state index in [0.29, 0.717) is 11.5 Å². The van der Waals surface area contributed by atoms with Crippen molar-refractivity contribution in [3.8, 4) is 0 Å². The van der Waals surface area contributed by atoms with Crippen LogP contribution in [0.3, 0.4) is 0 Å². The first kappa shape index (κ1) is 12.2. The molecule has 0 bridgehead atoms. The molecular weight excluding hydrogens is 212 g/mol. The summed E-state index contributed by atoms with van der Waals surface area (Å²) in [6, 6.07) is 0. The molecule has 1 saturated carbocycles. The minimum Gasteiger partial charge on any atom is -0.294 e. The van der Waals surface area contributed by atoms with Crippen LogP contribution in [0.5, 0.6) is 0 Å². The van der Waals surface area contributed by atoms with Crippen LogP contribution in [0.15, 0.2) is 6.20 Å². The molecule has 0 amide bonds. The molecule has 3 heteroatoms. The summed E-state index contributed by atoms with van der Waals surface area (Å²) in [6.07, 6.45) is 6.63. The van der Waals surface area contributed by atoms with Gasteiger partial charge in [-0.3, -0.25) is 4.79 Å². The molecule has 0 aromatic carbocycles. The molecule has 1 aromatic heterocycles. The number of rotatable bonds is 3. The van der Waals surface area contributed by atoms with Gasteiger partial charge in [0.1, 0.15) is 5.82 Å². The lowest BCUT2D eigenvalue weighted by atomic mass is 10.0. The Morgan fingerprint density at radius 3 is 2.76 bits per heavy atom. The van der Waals surface area contributed by atoms with Crippen LogP contribution in [-0.2, 0) is 0 Å². The van der Waals surface area contributed by atoms with Crippen molar-refractivity contribution in [1.29, 1.82) is 0 Å². The molecule has 2 unspecified atom stereocenters. The lowest BCUT2D eigenvalue weighted by molar-refractivity contribution is 0.101. The zero-order valence-electron chi connectivity index (χ0n) is 10.9. The van der Waals surface area contributed by atoms with E-state index in [1.165, 1.54) is 25.7 Å². The summed E-state index contributed by atoms with van der Waals surface area (Å²) in [4.78, 5) is 20.2. The molecular formula is C14H20N2O. The average Bonchev–Trinajstić information content (AvgIpc) is 2.76. The Bertz CT molecular complexity index is 428. The van der Waals surface area contributed by atoms with Crippen molar-refractivity contribution in [3.63, 3.8) is 0 Å². The molecule has 1 aliphatic rings. The molecule has 1 fully saturated rings. The van der Waals surface area contributed by atoms with Crippen molar-refractivity contribution in [2.75, 3.05) is 0 Å². The van der Waals surface area contributed by atoms with Crippen LogP contribution in [0.2, 0.25) is 0 Å². The van der Waals surface area contributed by atoms with Crippen molar-refractivity contribution in [2.45, 2.75) is 52.4 Å². The highest BCUT2D eigenvalue weighted by Crippen LogP contribution is 2.38. The standard InChI is InChI=1S/C14H20N2O/c1-4-11-5-6-12(7-11)14-15-8-13(10(3)17)9(2)16-14/h8,11-12H,4-7H2,1-3H3. The molecule has 2 atom stereocenters. The zero-order chi connectivity index (χ0) is 12.4. The molecule has 1 heterocycles. The Labute approximate surface area is 103 Å². The fraction of sp³-hybridized carbons (Fsp3) is 0.643. The molecule has 0 radical (unpaired) electrons. The van der Waals surface area contributed by atoms with Crippen molar-refractivity contribution >= 4 is 5.78 Å². The highest BCUT2D eigenvalue weighted by Gasteiger charge is 2.26. The van der Waals surface area contributed by atoms with Gasteiger partial charge in [-0.1, -0.05) is 13.3 Å². The molecule has 0 aliphatic heterocycles. The minimum absolute atomic E-state index is 0.0481. The fourth-order valence-corrected chi connectivity index (χ4v) is 2.71. The Hall–Kier alpha value is -1.25. The molecule has 2 rings (SSSR count). The third kappa shape index (κ3) is 2.54. The number of hydrogen-bond donors (Lipinski definition) is 0. The summed E-state index contributed by atoms with van der Waals surface area (Å²) in [5.74, 6) is 2.31. The van der Waals surface area contributed by atoms with Gasteiger partial charge in [-0.25, -0.2) is 9.97 Å². The molecule has 0 saturated heterocycles. The van der Waals surface area contributed by atoms with Crippen molar-refractivity contribution in [2.24, 2.45) is 5.92 Å². The van der Waals surface area contributed by atoms with Crippen molar-refractivity contribution in [1.82, 2.24) is 9.97 Å². The summed E-state index contributed by atoms with van der Waals surface area (Å²) in [7, 11) is 0. The summed E-state index contributed by atoms with van der Waals surface area (Å²) in [5, 5.41) is 0. The number of ketones is 1. The maximum atomic E-state index is 11.3. The lowest BCUT2D eigenvalue weighted by Gasteiger charge is -2.10. The van der Waals surface area contributed by atoms with Gasteiger partial charge in [-0.15, -0.1) is 0 Å². The van der Waals surface area contributed by atoms with Crippen LogP contribution >= 0.6 is 0 Å². The lowest BCUT2D eigenvalue weighted by Crippen LogP contribution is -2.07.